The molecule has 0 aliphatic carbocycles. The Morgan fingerprint density at radius 1 is 1.11 bits per heavy atom. The van der Waals surface area contributed by atoms with Crippen molar-refractivity contribution < 1.29 is 27.8 Å². The maximum Gasteiger partial charge on any atom is 0.387 e. The molecule has 0 aromatic heterocycles. The number of carbonyl (C=O) groups excluding carboxylic acids is 2. The minimum absolute atomic E-state index is 0.0184. The summed E-state index contributed by atoms with van der Waals surface area (Å²) < 4.78 is 34.5. The minimum Gasteiger partial charge on any atom is -0.484 e. The average molecular weight is 390 g/mol. The lowest BCUT2D eigenvalue weighted by atomic mass is 10.2. The molecule has 0 saturated carbocycles. The van der Waals surface area contributed by atoms with E-state index in [9.17, 15) is 18.4 Å². The summed E-state index contributed by atoms with van der Waals surface area (Å²) in [7, 11) is 0. The first-order valence-electron chi connectivity index (χ1n) is 8.50. The molecule has 0 atom stereocenters. The van der Waals surface area contributed by atoms with Crippen molar-refractivity contribution in [1.82, 2.24) is 5.32 Å². The van der Waals surface area contributed by atoms with Gasteiger partial charge in [-0.15, -0.1) is 0 Å². The zero-order valence-corrected chi connectivity index (χ0v) is 15.2. The molecule has 0 fully saturated rings. The van der Waals surface area contributed by atoms with Crippen LogP contribution in [0.15, 0.2) is 54.6 Å². The molecule has 0 radical (unpaired) electrons. The number of alkyl halides is 2. The lowest BCUT2D eigenvalue weighted by Gasteiger charge is -2.08. The highest BCUT2D eigenvalue weighted by atomic mass is 19.3. The molecule has 2 aromatic rings. The highest BCUT2D eigenvalue weighted by Gasteiger charge is 2.07. The number of halogens is 2. The van der Waals surface area contributed by atoms with E-state index in [0.717, 1.165) is 0 Å². The van der Waals surface area contributed by atoms with Gasteiger partial charge in [0.2, 0.25) is 5.91 Å². The van der Waals surface area contributed by atoms with Gasteiger partial charge in [-0.25, -0.2) is 0 Å². The van der Waals surface area contributed by atoms with Gasteiger partial charge in [-0.2, -0.15) is 8.78 Å². The molecular formula is C20H20F2N2O4. The van der Waals surface area contributed by atoms with Crippen LogP contribution in [0.4, 0.5) is 14.5 Å². The van der Waals surface area contributed by atoms with E-state index in [0.29, 0.717) is 23.5 Å². The fraction of sp³-hybridized carbons (Fsp3) is 0.200. The van der Waals surface area contributed by atoms with E-state index in [4.69, 9.17) is 4.74 Å². The van der Waals surface area contributed by atoms with Crippen molar-refractivity contribution in [1.29, 1.82) is 0 Å². The average Bonchev–Trinajstić information content (AvgIpc) is 2.66. The Kier molecular flexibility index (Phi) is 7.95. The topological polar surface area (TPSA) is 76.7 Å². The Bertz CT molecular complexity index is 823. The smallest absolute Gasteiger partial charge is 0.387 e. The number of hydrogen-bond acceptors (Lipinski definition) is 4. The fourth-order valence-electron chi connectivity index (χ4n) is 2.20. The van der Waals surface area contributed by atoms with Crippen molar-refractivity contribution in [3.05, 3.63) is 60.2 Å². The van der Waals surface area contributed by atoms with Crippen LogP contribution in [0.3, 0.4) is 0 Å². The highest BCUT2D eigenvalue weighted by molar-refractivity contribution is 6.02. The summed E-state index contributed by atoms with van der Waals surface area (Å²) in [4.78, 5) is 23.4. The van der Waals surface area contributed by atoms with E-state index in [1.807, 2.05) is 6.92 Å². The molecular weight excluding hydrogens is 370 g/mol. The first-order chi connectivity index (χ1) is 13.5. The molecule has 148 valence electrons. The Labute approximate surface area is 161 Å². The van der Waals surface area contributed by atoms with Crippen LogP contribution >= 0.6 is 0 Å². The van der Waals surface area contributed by atoms with Crippen molar-refractivity contribution in [2.24, 2.45) is 0 Å². The highest BCUT2D eigenvalue weighted by Crippen LogP contribution is 2.21. The summed E-state index contributed by atoms with van der Waals surface area (Å²) in [5.74, 6) is -0.197. The van der Waals surface area contributed by atoms with Crippen LogP contribution in [0.25, 0.3) is 6.08 Å². The summed E-state index contributed by atoms with van der Waals surface area (Å²) in [5.41, 5.74) is 0.865. The lowest BCUT2D eigenvalue weighted by Crippen LogP contribution is -2.28. The van der Waals surface area contributed by atoms with Crippen LogP contribution < -0.4 is 20.1 Å². The molecule has 0 heterocycles. The standard InChI is InChI=1S/C20H20F2N2O4/c1-2-23-19(26)13-27-16-10-8-15(9-11-16)24-18(25)12-7-14-5-3-4-6-17(14)28-20(21)22/h3-12,20H,2,13H2,1H3,(H,23,26)(H,24,25)/b12-7+. The monoisotopic (exact) mass is 390 g/mol. The fourth-order valence-corrected chi connectivity index (χ4v) is 2.20. The van der Waals surface area contributed by atoms with Crippen LogP contribution in [-0.2, 0) is 9.59 Å². The van der Waals surface area contributed by atoms with Crippen LogP contribution in [0.5, 0.6) is 11.5 Å². The molecule has 0 aliphatic heterocycles. The quantitative estimate of drug-likeness (QED) is 0.643. The SMILES string of the molecule is CCNC(=O)COc1ccc(NC(=O)/C=C/c2ccccc2OC(F)F)cc1. The van der Waals surface area contributed by atoms with E-state index in [-0.39, 0.29) is 18.3 Å². The first kappa shape index (κ1) is 20.9. The molecule has 0 unspecified atom stereocenters. The van der Waals surface area contributed by atoms with Crippen LogP contribution in [0.2, 0.25) is 0 Å². The molecule has 2 N–H and O–H groups in total. The van der Waals surface area contributed by atoms with Crippen molar-refractivity contribution in [2.45, 2.75) is 13.5 Å². The molecule has 6 nitrogen and oxygen atoms in total. The zero-order chi connectivity index (χ0) is 20.4. The second-order valence-electron chi connectivity index (χ2n) is 5.51. The van der Waals surface area contributed by atoms with E-state index in [2.05, 4.69) is 15.4 Å². The maximum atomic E-state index is 12.4. The molecule has 28 heavy (non-hydrogen) atoms. The summed E-state index contributed by atoms with van der Waals surface area (Å²) in [5, 5.41) is 5.25. The van der Waals surface area contributed by atoms with Gasteiger partial charge in [0.25, 0.3) is 5.91 Å². The van der Waals surface area contributed by atoms with Gasteiger partial charge in [-0.05, 0) is 43.3 Å². The molecule has 8 heteroatoms. The van der Waals surface area contributed by atoms with Gasteiger partial charge < -0.3 is 20.1 Å². The van der Waals surface area contributed by atoms with Crippen LogP contribution in [0.1, 0.15) is 12.5 Å². The number of amides is 2. The molecule has 0 spiro atoms. The van der Waals surface area contributed by atoms with Gasteiger partial charge in [-0.3, -0.25) is 9.59 Å². The number of carbonyl (C=O) groups is 2. The predicted molar refractivity (Wildman–Crippen MR) is 101 cm³/mol. The Hall–Kier alpha value is -3.42. The molecule has 0 saturated heterocycles. The number of para-hydroxylation sites is 1. The van der Waals surface area contributed by atoms with Crippen molar-refractivity contribution in [3.63, 3.8) is 0 Å². The van der Waals surface area contributed by atoms with Gasteiger partial charge in [0.05, 0.1) is 0 Å². The summed E-state index contributed by atoms with van der Waals surface area (Å²) >= 11 is 0. The van der Waals surface area contributed by atoms with E-state index in [1.54, 1.807) is 42.5 Å². The third kappa shape index (κ3) is 7.06. The molecule has 2 rings (SSSR count). The second kappa shape index (κ2) is 10.7. The predicted octanol–water partition coefficient (Wildman–Crippen LogP) is 3.45. The van der Waals surface area contributed by atoms with Gasteiger partial charge in [0, 0.05) is 23.9 Å². The summed E-state index contributed by atoms with van der Waals surface area (Å²) in [6, 6.07) is 12.6. The number of ether oxygens (including phenoxy) is 2. The van der Waals surface area contributed by atoms with Crippen LogP contribution in [0, 0.1) is 0 Å². The van der Waals surface area contributed by atoms with Gasteiger partial charge in [0.1, 0.15) is 11.5 Å². The van der Waals surface area contributed by atoms with Gasteiger partial charge >= 0.3 is 6.61 Å². The van der Waals surface area contributed by atoms with E-state index < -0.39 is 12.5 Å². The number of benzene rings is 2. The Morgan fingerprint density at radius 3 is 2.50 bits per heavy atom. The van der Waals surface area contributed by atoms with E-state index in [1.165, 1.54) is 18.2 Å². The Balaban J connectivity index is 1.91. The van der Waals surface area contributed by atoms with Crippen molar-refractivity contribution in [3.8, 4) is 11.5 Å². The lowest BCUT2D eigenvalue weighted by molar-refractivity contribution is -0.123. The van der Waals surface area contributed by atoms with Crippen molar-refractivity contribution in [2.75, 3.05) is 18.5 Å². The minimum atomic E-state index is -2.95. The number of rotatable bonds is 9. The third-order valence-corrected chi connectivity index (χ3v) is 3.42. The Morgan fingerprint density at radius 2 is 1.82 bits per heavy atom. The number of nitrogens with one attached hydrogen (secondary N) is 2. The van der Waals surface area contributed by atoms with E-state index >= 15 is 0 Å². The first-order valence-corrected chi connectivity index (χ1v) is 8.50. The molecule has 2 amide bonds. The number of hydrogen-bond donors (Lipinski definition) is 2. The molecule has 0 bridgehead atoms. The largest absolute Gasteiger partial charge is 0.484 e. The summed E-state index contributed by atoms with van der Waals surface area (Å²) in [6.07, 6.45) is 2.60. The summed E-state index contributed by atoms with van der Waals surface area (Å²) in [6.45, 7) is -0.701. The molecule has 0 aliphatic rings. The third-order valence-electron chi connectivity index (χ3n) is 3.42. The van der Waals surface area contributed by atoms with Crippen molar-refractivity contribution >= 4 is 23.6 Å². The van der Waals surface area contributed by atoms with Gasteiger partial charge in [-0.1, -0.05) is 18.2 Å². The molecule has 2 aromatic carbocycles. The normalized spacial score (nSPS) is 10.7. The maximum absolute atomic E-state index is 12.4. The van der Waals surface area contributed by atoms with Gasteiger partial charge in [0.15, 0.2) is 6.61 Å². The zero-order valence-electron chi connectivity index (χ0n) is 15.2. The second-order valence-corrected chi connectivity index (χ2v) is 5.51. The van der Waals surface area contributed by atoms with Crippen LogP contribution in [-0.4, -0.2) is 31.6 Å². The number of likely N-dealkylation sites (N-methyl/N-ethyl adjacent to an activating group) is 1. The number of anilines is 1.